The Morgan fingerprint density at radius 2 is 1.96 bits per heavy atom. The highest BCUT2D eigenvalue weighted by molar-refractivity contribution is 6.06. The summed E-state index contributed by atoms with van der Waals surface area (Å²) >= 11 is 0. The number of amides is 4. The van der Waals surface area contributed by atoms with Crippen molar-refractivity contribution in [3.8, 4) is 0 Å². The minimum Gasteiger partial charge on any atom is -0.374 e. The molecule has 0 radical (unpaired) electrons. The Hall–Kier alpha value is -2.90. The summed E-state index contributed by atoms with van der Waals surface area (Å²) in [6, 6.07) is 4.19. The molecule has 0 aliphatic carbocycles. The van der Waals surface area contributed by atoms with E-state index in [2.05, 4.69) is 16.0 Å². The molecule has 0 aromatic heterocycles. The maximum absolute atomic E-state index is 12.8. The number of benzene rings is 1. The van der Waals surface area contributed by atoms with Crippen molar-refractivity contribution in [2.24, 2.45) is 0 Å². The van der Waals surface area contributed by atoms with Gasteiger partial charge in [0.1, 0.15) is 12.1 Å². The summed E-state index contributed by atoms with van der Waals surface area (Å²) in [6.45, 7) is 5.80. The number of hydrogen-bond donors (Lipinski definition) is 3. The van der Waals surface area contributed by atoms with E-state index in [0.717, 1.165) is 5.56 Å². The van der Waals surface area contributed by atoms with Gasteiger partial charge in [-0.3, -0.25) is 24.5 Å². The van der Waals surface area contributed by atoms with Crippen molar-refractivity contribution in [1.29, 1.82) is 0 Å². The van der Waals surface area contributed by atoms with E-state index < -0.39 is 18.0 Å². The Balaban J connectivity index is 1.78. The van der Waals surface area contributed by atoms with Gasteiger partial charge in [0, 0.05) is 35.8 Å². The van der Waals surface area contributed by atoms with Gasteiger partial charge in [0.25, 0.3) is 5.91 Å². The first-order valence-corrected chi connectivity index (χ1v) is 9.11. The van der Waals surface area contributed by atoms with Crippen molar-refractivity contribution < 1.29 is 19.2 Å². The Kier molecular flexibility index (Phi) is 5.16. The minimum absolute atomic E-state index is 0.0350. The summed E-state index contributed by atoms with van der Waals surface area (Å²) in [6.07, 6.45) is 0.536. The Bertz CT molecular complexity index is 805. The Labute approximate surface area is 157 Å². The zero-order valence-corrected chi connectivity index (χ0v) is 15.7. The van der Waals surface area contributed by atoms with Gasteiger partial charge in [-0.2, -0.15) is 0 Å². The van der Waals surface area contributed by atoms with Gasteiger partial charge in [-0.15, -0.1) is 0 Å². The zero-order valence-electron chi connectivity index (χ0n) is 15.7. The fraction of sp³-hybridized carbons (Fsp3) is 0.474. The van der Waals surface area contributed by atoms with Gasteiger partial charge in [-0.1, -0.05) is 6.07 Å². The lowest BCUT2D eigenvalue weighted by atomic mass is 10.0. The maximum Gasteiger partial charge on any atom is 0.255 e. The molecule has 2 aliphatic rings. The van der Waals surface area contributed by atoms with E-state index in [1.54, 1.807) is 19.1 Å². The van der Waals surface area contributed by atoms with Crippen LogP contribution in [-0.2, 0) is 20.9 Å². The molecule has 3 N–H and O–H groups in total. The fourth-order valence-corrected chi connectivity index (χ4v) is 3.43. The number of anilines is 1. The van der Waals surface area contributed by atoms with Crippen LogP contribution in [0.4, 0.5) is 5.69 Å². The number of rotatable bonds is 5. The van der Waals surface area contributed by atoms with E-state index in [1.165, 1.54) is 4.90 Å². The monoisotopic (exact) mass is 372 g/mol. The lowest BCUT2D eigenvalue weighted by Crippen LogP contribution is -2.52. The van der Waals surface area contributed by atoms with E-state index in [9.17, 15) is 19.2 Å². The highest BCUT2D eigenvalue weighted by Gasteiger charge is 2.40. The largest absolute Gasteiger partial charge is 0.374 e. The van der Waals surface area contributed by atoms with E-state index in [0.29, 0.717) is 17.7 Å². The van der Waals surface area contributed by atoms with Crippen molar-refractivity contribution in [2.75, 3.05) is 5.32 Å². The first kappa shape index (κ1) is 18.9. The van der Waals surface area contributed by atoms with Crippen LogP contribution in [0.1, 0.15) is 49.5 Å². The molecule has 2 aliphatic heterocycles. The molecule has 1 unspecified atom stereocenters. The van der Waals surface area contributed by atoms with Crippen LogP contribution in [0, 0.1) is 0 Å². The van der Waals surface area contributed by atoms with E-state index >= 15 is 0 Å². The first-order valence-electron chi connectivity index (χ1n) is 9.11. The molecule has 1 saturated heterocycles. The Morgan fingerprint density at radius 3 is 2.63 bits per heavy atom. The summed E-state index contributed by atoms with van der Waals surface area (Å²) < 4.78 is 0. The van der Waals surface area contributed by atoms with Crippen LogP contribution in [0.3, 0.4) is 0 Å². The standard InChI is InChI=1S/C19H24N4O4/c1-10(2)20-17(25)11(3)21-14-6-4-5-12-13(14)9-23(19(12)27)15-7-8-16(24)22-18(15)26/h4-6,10-11,15,21H,7-9H2,1-3H3,(H,20,25)(H,22,24,26)/t11-,15?/m1/s1. The number of nitrogens with zero attached hydrogens (tertiary/aromatic N) is 1. The van der Waals surface area contributed by atoms with Crippen molar-refractivity contribution in [3.05, 3.63) is 29.3 Å². The van der Waals surface area contributed by atoms with E-state index in [4.69, 9.17) is 0 Å². The number of nitrogens with one attached hydrogen (secondary N) is 3. The average Bonchev–Trinajstić information content (AvgIpc) is 2.92. The van der Waals surface area contributed by atoms with Gasteiger partial charge < -0.3 is 15.5 Å². The summed E-state index contributed by atoms with van der Waals surface area (Å²) in [5.74, 6) is -1.12. The molecule has 8 nitrogen and oxygen atoms in total. The number of carbonyl (C=O) groups is 4. The van der Waals surface area contributed by atoms with Crippen LogP contribution in [0.25, 0.3) is 0 Å². The average molecular weight is 372 g/mol. The molecule has 1 aromatic rings. The van der Waals surface area contributed by atoms with Crippen molar-refractivity contribution in [2.45, 2.75) is 58.3 Å². The van der Waals surface area contributed by atoms with E-state index in [1.807, 2.05) is 19.9 Å². The zero-order chi connectivity index (χ0) is 19.7. The van der Waals surface area contributed by atoms with Crippen LogP contribution in [0.15, 0.2) is 18.2 Å². The molecular weight excluding hydrogens is 348 g/mol. The molecule has 0 bridgehead atoms. The lowest BCUT2D eigenvalue weighted by molar-refractivity contribution is -0.137. The number of imide groups is 1. The second kappa shape index (κ2) is 7.38. The van der Waals surface area contributed by atoms with Crippen LogP contribution < -0.4 is 16.0 Å². The second-order valence-electron chi connectivity index (χ2n) is 7.26. The molecule has 144 valence electrons. The number of fused-ring (bicyclic) bond motifs is 1. The van der Waals surface area contributed by atoms with Crippen LogP contribution in [0.5, 0.6) is 0 Å². The number of piperidine rings is 1. The molecule has 2 atom stereocenters. The highest BCUT2D eigenvalue weighted by atomic mass is 16.2. The van der Waals surface area contributed by atoms with Gasteiger partial charge >= 0.3 is 0 Å². The molecule has 8 heteroatoms. The van der Waals surface area contributed by atoms with Gasteiger partial charge in [0.2, 0.25) is 17.7 Å². The SMILES string of the molecule is CC(C)NC(=O)[C@@H](C)Nc1cccc2c1CN(C1CCC(=O)NC1=O)C2=O. The summed E-state index contributed by atoms with van der Waals surface area (Å²) in [4.78, 5) is 50.0. The van der Waals surface area contributed by atoms with Crippen molar-refractivity contribution in [1.82, 2.24) is 15.5 Å². The third kappa shape index (κ3) is 3.79. The Morgan fingerprint density at radius 1 is 1.22 bits per heavy atom. The molecule has 2 heterocycles. The second-order valence-corrected chi connectivity index (χ2v) is 7.26. The molecule has 0 spiro atoms. The first-order chi connectivity index (χ1) is 12.8. The fourth-order valence-electron chi connectivity index (χ4n) is 3.43. The molecule has 1 aromatic carbocycles. The molecule has 1 fully saturated rings. The normalized spacial score (nSPS) is 20.4. The molecule has 3 rings (SSSR count). The van der Waals surface area contributed by atoms with Crippen LogP contribution in [-0.4, -0.2) is 46.7 Å². The summed E-state index contributed by atoms with van der Waals surface area (Å²) in [5.41, 5.74) is 1.97. The predicted octanol–water partition coefficient (Wildman–Crippen LogP) is 0.773. The van der Waals surface area contributed by atoms with Gasteiger partial charge in [-0.25, -0.2) is 0 Å². The van der Waals surface area contributed by atoms with Crippen LogP contribution >= 0.6 is 0 Å². The maximum atomic E-state index is 12.8. The van der Waals surface area contributed by atoms with Crippen LogP contribution in [0.2, 0.25) is 0 Å². The van der Waals surface area contributed by atoms with Crippen molar-refractivity contribution in [3.63, 3.8) is 0 Å². The molecule has 0 saturated carbocycles. The molecule has 27 heavy (non-hydrogen) atoms. The number of carbonyl (C=O) groups excluding carboxylic acids is 4. The summed E-state index contributed by atoms with van der Waals surface area (Å²) in [5, 5.41) is 8.30. The topological polar surface area (TPSA) is 108 Å². The third-order valence-electron chi connectivity index (χ3n) is 4.78. The van der Waals surface area contributed by atoms with Gasteiger partial charge in [0.05, 0.1) is 0 Å². The molecule has 4 amide bonds. The van der Waals surface area contributed by atoms with E-state index in [-0.39, 0.29) is 36.7 Å². The van der Waals surface area contributed by atoms with Gasteiger partial charge in [-0.05, 0) is 39.3 Å². The predicted molar refractivity (Wildman–Crippen MR) is 98.9 cm³/mol. The highest BCUT2D eigenvalue weighted by Crippen LogP contribution is 2.32. The summed E-state index contributed by atoms with van der Waals surface area (Å²) in [7, 11) is 0. The quantitative estimate of drug-likeness (QED) is 0.662. The number of hydrogen-bond acceptors (Lipinski definition) is 5. The van der Waals surface area contributed by atoms with Gasteiger partial charge in [0.15, 0.2) is 0 Å². The lowest BCUT2D eigenvalue weighted by Gasteiger charge is -2.29. The third-order valence-corrected chi connectivity index (χ3v) is 4.78. The minimum atomic E-state index is -0.655. The van der Waals surface area contributed by atoms with Crippen molar-refractivity contribution >= 4 is 29.3 Å². The molecular formula is C19H24N4O4. The smallest absolute Gasteiger partial charge is 0.255 e.